The molecule has 0 radical (unpaired) electrons. The summed E-state index contributed by atoms with van der Waals surface area (Å²) in [4.78, 5) is 0. The lowest BCUT2D eigenvalue weighted by atomic mass is 9.98. The van der Waals surface area contributed by atoms with Gasteiger partial charge in [-0.3, -0.25) is 0 Å². The number of benzene rings is 3. The number of fused-ring (bicyclic) bond motifs is 1. The van der Waals surface area contributed by atoms with Crippen molar-refractivity contribution in [3.8, 4) is 0 Å². The zero-order valence-electron chi connectivity index (χ0n) is 13.4. The van der Waals surface area contributed by atoms with E-state index < -0.39 is 23.3 Å². The Kier molecular flexibility index (Phi) is 4.31. The van der Waals surface area contributed by atoms with E-state index in [-0.39, 0.29) is 34.9 Å². The molecule has 124 valence electrons. The van der Waals surface area contributed by atoms with Crippen LogP contribution in [0.2, 0.25) is 0 Å². The summed E-state index contributed by atoms with van der Waals surface area (Å²) in [6.07, 6.45) is 0.183. The predicted octanol–water partition coefficient (Wildman–Crippen LogP) is 5.80. The molecule has 0 aliphatic carbocycles. The Labute approximate surface area is 137 Å². The van der Waals surface area contributed by atoms with Crippen LogP contribution in [0.4, 0.5) is 17.6 Å². The number of halogens is 4. The number of hydrogen-bond donors (Lipinski definition) is 0. The fourth-order valence-corrected chi connectivity index (χ4v) is 2.83. The fraction of sp³-hybridized carbons (Fsp3) is 0.200. The van der Waals surface area contributed by atoms with Gasteiger partial charge >= 0.3 is 0 Å². The van der Waals surface area contributed by atoms with Crippen LogP contribution < -0.4 is 0 Å². The molecule has 0 saturated heterocycles. The first-order valence-electron chi connectivity index (χ1n) is 7.69. The summed E-state index contributed by atoms with van der Waals surface area (Å²) in [5.74, 6) is -3.65. The van der Waals surface area contributed by atoms with E-state index >= 15 is 0 Å². The van der Waals surface area contributed by atoms with Crippen molar-refractivity contribution in [3.05, 3.63) is 81.9 Å². The first-order valence-corrected chi connectivity index (χ1v) is 7.69. The van der Waals surface area contributed by atoms with Gasteiger partial charge in [0, 0.05) is 5.39 Å². The van der Waals surface area contributed by atoms with E-state index in [1.54, 1.807) is 25.1 Å². The summed E-state index contributed by atoms with van der Waals surface area (Å²) in [6, 6.07) is 9.66. The van der Waals surface area contributed by atoms with Gasteiger partial charge in [-0.2, -0.15) is 0 Å². The molecule has 0 aliphatic rings. The monoisotopic (exact) mass is 332 g/mol. The Balaban J connectivity index is 1.95. The molecule has 24 heavy (non-hydrogen) atoms. The van der Waals surface area contributed by atoms with E-state index in [2.05, 4.69) is 0 Å². The first kappa shape index (κ1) is 16.5. The normalized spacial score (nSPS) is 11.2. The van der Waals surface area contributed by atoms with Crippen molar-refractivity contribution < 1.29 is 17.6 Å². The molecule has 0 spiro atoms. The lowest BCUT2D eigenvalue weighted by Gasteiger charge is -2.10. The molecule has 0 atom stereocenters. The van der Waals surface area contributed by atoms with Gasteiger partial charge in [-0.1, -0.05) is 29.8 Å². The van der Waals surface area contributed by atoms with Crippen LogP contribution in [0.3, 0.4) is 0 Å². The fourth-order valence-electron chi connectivity index (χ4n) is 2.83. The van der Waals surface area contributed by atoms with Gasteiger partial charge < -0.3 is 0 Å². The van der Waals surface area contributed by atoms with Gasteiger partial charge in [0.25, 0.3) is 0 Å². The molecule has 0 amide bonds. The van der Waals surface area contributed by atoms with Crippen LogP contribution in [0.15, 0.2) is 36.4 Å². The van der Waals surface area contributed by atoms with Crippen LogP contribution in [-0.2, 0) is 12.8 Å². The van der Waals surface area contributed by atoms with E-state index in [0.717, 1.165) is 5.56 Å². The molecule has 0 aromatic heterocycles. The lowest BCUT2D eigenvalue weighted by Crippen LogP contribution is -2.02. The Morgan fingerprint density at radius 1 is 0.667 bits per heavy atom. The smallest absolute Gasteiger partial charge is 0.166 e. The highest BCUT2D eigenvalue weighted by Gasteiger charge is 2.16. The molecule has 3 aromatic rings. The summed E-state index contributed by atoms with van der Waals surface area (Å²) in [5.41, 5.74) is 1.37. The second-order valence-electron chi connectivity index (χ2n) is 6.06. The minimum atomic E-state index is -0.930. The van der Waals surface area contributed by atoms with E-state index in [0.29, 0.717) is 5.39 Å². The van der Waals surface area contributed by atoms with Gasteiger partial charge in [0.2, 0.25) is 0 Å². The van der Waals surface area contributed by atoms with Crippen LogP contribution in [0.5, 0.6) is 0 Å². The average molecular weight is 332 g/mol. The maximum Gasteiger partial charge on any atom is 0.166 e. The summed E-state index contributed by atoms with van der Waals surface area (Å²) < 4.78 is 56.0. The van der Waals surface area contributed by atoms with E-state index in [1.807, 2.05) is 6.07 Å². The summed E-state index contributed by atoms with van der Waals surface area (Å²) in [7, 11) is 0. The molecule has 0 aliphatic heterocycles. The molecule has 0 nitrogen and oxygen atoms in total. The standard InChI is InChI=1S/C20H16F4/c1-11-3-5-14-10-15(19(23)20(24)16(14)9-11)8-7-13-6-4-12(2)17(21)18(13)22/h3-6,9-10H,7-8H2,1-2H3. The van der Waals surface area contributed by atoms with E-state index in [9.17, 15) is 17.6 Å². The third kappa shape index (κ3) is 2.88. The molecule has 0 fully saturated rings. The quantitative estimate of drug-likeness (QED) is 0.532. The first-order chi connectivity index (χ1) is 11.4. The minimum absolute atomic E-state index is 0.0893. The van der Waals surface area contributed by atoms with Crippen LogP contribution in [0.1, 0.15) is 22.3 Å². The molecule has 0 heterocycles. The van der Waals surface area contributed by atoms with Gasteiger partial charge in [-0.15, -0.1) is 0 Å². The van der Waals surface area contributed by atoms with Gasteiger partial charge in [0.15, 0.2) is 23.3 Å². The van der Waals surface area contributed by atoms with Crippen LogP contribution in [0.25, 0.3) is 10.8 Å². The molecule has 4 heteroatoms. The van der Waals surface area contributed by atoms with Crippen molar-refractivity contribution in [1.82, 2.24) is 0 Å². The van der Waals surface area contributed by atoms with Crippen LogP contribution in [0, 0.1) is 37.1 Å². The van der Waals surface area contributed by atoms with Gasteiger partial charge in [0.1, 0.15) is 0 Å². The van der Waals surface area contributed by atoms with Crippen molar-refractivity contribution in [2.24, 2.45) is 0 Å². The predicted molar refractivity (Wildman–Crippen MR) is 87.1 cm³/mol. The maximum atomic E-state index is 14.3. The molecule has 3 rings (SSSR count). The number of aryl methyl sites for hydroxylation is 4. The van der Waals surface area contributed by atoms with Crippen molar-refractivity contribution in [1.29, 1.82) is 0 Å². The average Bonchev–Trinajstić information content (AvgIpc) is 2.57. The Morgan fingerprint density at radius 2 is 1.33 bits per heavy atom. The van der Waals surface area contributed by atoms with Crippen molar-refractivity contribution in [3.63, 3.8) is 0 Å². The third-order valence-electron chi connectivity index (χ3n) is 4.27. The zero-order chi connectivity index (χ0) is 17.4. The highest BCUT2D eigenvalue weighted by atomic mass is 19.2. The number of rotatable bonds is 3. The second-order valence-corrected chi connectivity index (χ2v) is 6.06. The maximum absolute atomic E-state index is 14.3. The van der Waals surface area contributed by atoms with Crippen molar-refractivity contribution >= 4 is 10.8 Å². The Morgan fingerprint density at radius 3 is 2.08 bits per heavy atom. The molecular formula is C20H16F4. The summed E-state index contributed by atoms with van der Waals surface area (Å²) >= 11 is 0. The second kappa shape index (κ2) is 6.27. The largest absolute Gasteiger partial charge is 0.203 e. The summed E-state index contributed by atoms with van der Waals surface area (Å²) in [5, 5.41) is 0.814. The molecule has 0 unspecified atom stereocenters. The Hall–Kier alpha value is -2.36. The van der Waals surface area contributed by atoms with Crippen molar-refractivity contribution in [2.45, 2.75) is 26.7 Å². The molecular weight excluding hydrogens is 316 g/mol. The highest BCUT2D eigenvalue weighted by molar-refractivity contribution is 5.84. The van der Waals surface area contributed by atoms with E-state index in [1.165, 1.54) is 19.1 Å². The SMILES string of the molecule is Cc1ccc2cc(CCc3ccc(C)c(F)c3F)c(F)c(F)c2c1. The Bertz CT molecular complexity index is 929. The highest BCUT2D eigenvalue weighted by Crippen LogP contribution is 2.26. The van der Waals surface area contributed by atoms with Gasteiger partial charge in [-0.05, 0) is 60.9 Å². The molecule has 0 N–H and O–H groups in total. The third-order valence-corrected chi connectivity index (χ3v) is 4.27. The van der Waals surface area contributed by atoms with Gasteiger partial charge in [-0.25, -0.2) is 17.6 Å². The van der Waals surface area contributed by atoms with E-state index in [4.69, 9.17) is 0 Å². The molecule has 3 aromatic carbocycles. The van der Waals surface area contributed by atoms with Gasteiger partial charge in [0.05, 0.1) is 0 Å². The molecule has 0 saturated carbocycles. The van der Waals surface area contributed by atoms with Crippen molar-refractivity contribution in [2.75, 3.05) is 0 Å². The van der Waals surface area contributed by atoms with Crippen LogP contribution in [-0.4, -0.2) is 0 Å². The zero-order valence-corrected chi connectivity index (χ0v) is 13.4. The lowest BCUT2D eigenvalue weighted by molar-refractivity contribution is 0.490. The molecule has 0 bridgehead atoms. The minimum Gasteiger partial charge on any atom is -0.203 e. The topological polar surface area (TPSA) is 0 Å². The summed E-state index contributed by atoms with van der Waals surface area (Å²) in [6.45, 7) is 3.28. The number of hydrogen-bond acceptors (Lipinski definition) is 0. The van der Waals surface area contributed by atoms with Crippen LogP contribution >= 0.6 is 0 Å².